The van der Waals surface area contributed by atoms with E-state index in [1.54, 1.807) is 7.11 Å². The number of nitrogens with zero attached hydrogens (tertiary/aromatic N) is 1. The molecule has 0 saturated heterocycles. The Morgan fingerprint density at radius 3 is 3.17 bits per heavy atom. The Hall–Kier alpha value is -1.22. The summed E-state index contributed by atoms with van der Waals surface area (Å²) in [7, 11) is 1.57. The molecule has 0 radical (unpaired) electrons. The van der Waals surface area contributed by atoms with Gasteiger partial charge >= 0.3 is 0 Å². The van der Waals surface area contributed by atoms with E-state index in [4.69, 9.17) is 16.3 Å². The number of ether oxygens (including phenoxy) is 1. The molecule has 0 atom stereocenters. The van der Waals surface area contributed by atoms with Crippen molar-refractivity contribution in [1.29, 1.82) is 0 Å². The second-order valence-electron chi connectivity index (χ2n) is 2.40. The summed E-state index contributed by atoms with van der Waals surface area (Å²) in [4.78, 5) is 6.99. The molecule has 0 aliphatic heterocycles. The monoisotopic (exact) mass is 182 g/mol. The third kappa shape index (κ3) is 1.02. The summed E-state index contributed by atoms with van der Waals surface area (Å²) in [6, 6.07) is 3.75. The lowest BCUT2D eigenvalue weighted by Gasteiger charge is -1.99. The lowest BCUT2D eigenvalue weighted by Crippen LogP contribution is -1.87. The largest absolute Gasteiger partial charge is 0.481 e. The van der Waals surface area contributed by atoms with Crippen LogP contribution in [0.5, 0.6) is 5.88 Å². The lowest BCUT2D eigenvalue weighted by molar-refractivity contribution is 0.399. The number of aromatic amines is 1. The summed E-state index contributed by atoms with van der Waals surface area (Å²) in [6.45, 7) is 0. The SMILES string of the molecule is COc1cc2cc[nH]c2c(Cl)n1. The van der Waals surface area contributed by atoms with Crippen LogP contribution in [0.3, 0.4) is 0 Å². The molecule has 2 heterocycles. The minimum absolute atomic E-state index is 0.439. The first-order valence-corrected chi connectivity index (χ1v) is 3.86. The summed E-state index contributed by atoms with van der Waals surface area (Å²) < 4.78 is 4.96. The predicted octanol–water partition coefficient (Wildman–Crippen LogP) is 2.22. The van der Waals surface area contributed by atoms with Crippen molar-refractivity contribution in [1.82, 2.24) is 9.97 Å². The Morgan fingerprint density at radius 1 is 1.58 bits per heavy atom. The number of halogens is 1. The van der Waals surface area contributed by atoms with E-state index >= 15 is 0 Å². The molecule has 2 rings (SSSR count). The highest BCUT2D eigenvalue weighted by Crippen LogP contribution is 2.23. The van der Waals surface area contributed by atoms with Gasteiger partial charge in [-0.3, -0.25) is 0 Å². The first-order chi connectivity index (χ1) is 5.81. The maximum atomic E-state index is 5.86. The van der Waals surface area contributed by atoms with Crippen LogP contribution in [0.2, 0.25) is 5.15 Å². The van der Waals surface area contributed by atoms with Gasteiger partial charge in [0.15, 0.2) is 5.15 Å². The van der Waals surface area contributed by atoms with Gasteiger partial charge in [-0.25, -0.2) is 0 Å². The van der Waals surface area contributed by atoms with Gasteiger partial charge in [0, 0.05) is 17.6 Å². The molecule has 2 aromatic rings. The van der Waals surface area contributed by atoms with Gasteiger partial charge in [-0.05, 0) is 6.07 Å². The van der Waals surface area contributed by atoms with E-state index in [-0.39, 0.29) is 0 Å². The van der Waals surface area contributed by atoms with Crippen molar-refractivity contribution in [2.75, 3.05) is 7.11 Å². The van der Waals surface area contributed by atoms with Crippen molar-refractivity contribution in [3.63, 3.8) is 0 Å². The molecular formula is C8H7ClN2O. The number of hydrogen-bond donors (Lipinski definition) is 1. The van der Waals surface area contributed by atoms with Gasteiger partial charge < -0.3 is 9.72 Å². The van der Waals surface area contributed by atoms with Crippen molar-refractivity contribution < 1.29 is 4.74 Å². The fourth-order valence-corrected chi connectivity index (χ4v) is 1.35. The fourth-order valence-electron chi connectivity index (χ4n) is 1.10. The van der Waals surface area contributed by atoms with Crippen molar-refractivity contribution in [3.8, 4) is 5.88 Å². The molecule has 0 spiro atoms. The third-order valence-electron chi connectivity index (χ3n) is 1.68. The van der Waals surface area contributed by atoms with E-state index in [1.807, 2.05) is 18.3 Å². The summed E-state index contributed by atoms with van der Waals surface area (Å²) in [5.74, 6) is 0.534. The van der Waals surface area contributed by atoms with E-state index in [2.05, 4.69) is 9.97 Å². The van der Waals surface area contributed by atoms with E-state index in [0.29, 0.717) is 11.0 Å². The molecule has 0 bridgehead atoms. The molecule has 2 aromatic heterocycles. The van der Waals surface area contributed by atoms with Gasteiger partial charge in [-0.1, -0.05) is 11.6 Å². The molecule has 0 amide bonds. The van der Waals surface area contributed by atoms with Gasteiger partial charge in [-0.15, -0.1) is 0 Å². The molecule has 62 valence electrons. The summed E-state index contributed by atoms with van der Waals surface area (Å²) >= 11 is 5.86. The normalized spacial score (nSPS) is 10.5. The molecule has 0 unspecified atom stereocenters. The highest BCUT2D eigenvalue weighted by atomic mass is 35.5. The molecule has 0 aliphatic rings. The van der Waals surface area contributed by atoms with Gasteiger partial charge in [-0.2, -0.15) is 4.98 Å². The first kappa shape index (κ1) is 7.43. The second kappa shape index (κ2) is 2.68. The Bertz CT molecular complexity index is 410. The van der Waals surface area contributed by atoms with Crippen molar-refractivity contribution >= 4 is 22.5 Å². The molecule has 0 aliphatic carbocycles. The Labute approximate surface area is 74.3 Å². The average Bonchev–Trinajstić information content (AvgIpc) is 2.52. The number of H-pyrrole nitrogens is 1. The van der Waals surface area contributed by atoms with Crippen molar-refractivity contribution in [3.05, 3.63) is 23.5 Å². The highest BCUT2D eigenvalue weighted by Gasteiger charge is 2.03. The Morgan fingerprint density at radius 2 is 2.42 bits per heavy atom. The van der Waals surface area contributed by atoms with Crippen LogP contribution in [0.1, 0.15) is 0 Å². The van der Waals surface area contributed by atoms with Crippen LogP contribution in [0.15, 0.2) is 18.3 Å². The molecule has 0 saturated carbocycles. The van der Waals surface area contributed by atoms with Gasteiger partial charge in [0.1, 0.15) is 0 Å². The molecule has 1 N–H and O–H groups in total. The molecule has 12 heavy (non-hydrogen) atoms. The van der Waals surface area contributed by atoms with Crippen LogP contribution in [0, 0.1) is 0 Å². The first-order valence-electron chi connectivity index (χ1n) is 3.49. The van der Waals surface area contributed by atoms with Crippen LogP contribution < -0.4 is 4.74 Å². The van der Waals surface area contributed by atoms with Crippen molar-refractivity contribution in [2.24, 2.45) is 0 Å². The van der Waals surface area contributed by atoms with E-state index < -0.39 is 0 Å². The minimum Gasteiger partial charge on any atom is -0.481 e. The van der Waals surface area contributed by atoms with Gasteiger partial charge in [0.05, 0.1) is 12.6 Å². The molecular weight excluding hydrogens is 176 g/mol. The smallest absolute Gasteiger partial charge is 0.215 e. The molecule has 3 nitrogen and oxygen atoms in total. The number of rotatable bonds is 1. The average molecular weight is 183 g/mol. The minimum atomic E-state index is 0.439. The van der Waals surface area contributed by atoms with Crippen LogP contribution in [0.25, 0.3) is 10.9 Å². The molecule has 4 heteroatoms. The number of hydrogen-bond acceptors (Lipinski definition) is 2. The van der Waals surface area contributed by atoms with E-state index in [0.717, 1.165) is 10.9 Å². The number of aromatic nitrogens is 2. The van der Waals surface area contributed by atoms with E-state index in [9.17, 15) is 0 Å². The quantitative estimate of drug-likeness (QED) is 0.687. The Balaban J connectivity index is 2.75. The van der Waals surface area contributed by atoms with Crippen LogP contribution in [0.4, 0.5) is 0 Å². The topological polar surface area (TPSA) is 37.9 Å². The maximum absolute atomic E-state index is 5.86. The van der Waals surface area contributed by atoms with Crippen molar-refractivity contribution in [2.45, 2.75) is 0 Å². The van der Waals surface area contributed by atoms with Gasteiger partial charge in [0.2, 0.25) is 5.88 Å². The zero-order valence-corrected chi connectivity index (χ0v) is 7.22. The maximum Gasteiger partial charge on any atom is 0.215 e. The van der Waals surface area contributed by atoms with Crippen LogP contribution in [-0.2, 0) is 0 Å². The van der Waals surface area contributed by atoms with E-state index in [1.165, 1.54) is 0 Å². The summed E-state index contributed by atoms with van der Waals surface area (Å²) in [5.41, 5.74) is 0.845. The van der Waals surface area contributed by atoms with Gasteiger partial charge in [0.25, 0.3) is 0 Å². The molecule has 0 aromatic carbocycles. The lowest BCUT2D eigenvalue weighted by atomic mass is 10.3. The Kier molecular flexibility index (Phi) is 1.66. The standard InChI is InChI=1S/C8H7ClN2O/c1-12-6-4-5-2-3-10-7(5)8(9)11-6/h2-4,10H,1H3. The highest BCUT2D eigenvalue weighted by molar-refractivity contribution is 6.33. The zero-order valence-electron chi connectivity index (χ0n) is 6.47. The number of nitrogens with one attached hydrogen (secondary N) is 1. The number of pyridine rings is 1. The predicted molar refractivity (Wildman–Crippen MR) is 47.7 cm³/mol. The zero-order chi connectivity index (χ0) is 8.55. The number of methoxy groups -OCH3 is 1. The summed E-state index contributed by atoms with van der Waals surface area (Å²) in [5, 5.41) is 1.45. The van der Waals surface area contributed by atoms with Crippen LogP contribution >= 0.6 is 11.6 Å². The van der Waals surface area contributed by atoms with Crippen LogP contribution in [-0.4, -0.2) is 17.1 Å². The fraction of sp³-hybridized carbons (Fsp3) is 0.125. The number of fused-ring (bicyclic) bond motifs is 1. The summed E-state index contributed by atoms with van der Waals surface area (Å²) in [6.07, 6.45) is 1.82. The third-order valence-corrected chi connectivity index (χ3v) is 1.96. The molecule has 0 fully saturated rings. The second-order valence-corrected chi connectivity index (χ2v) is 2.76.